The van der Waals surface area contributed by atoms with Gasteiger partial charge in [0.15, 0.2) is 0 Å². The van der Waals surface area contributed by atoms with E-state index in [0.29, 0.717) is 0 Å². The van der Waals surface area contributed by atoms with Crippen molar-refractivity contribution in [2.75, 3.05) is 4.90 Å². The van der Waals surface area contributed by atoms with E-state index in [1.165, 1.54) is 93.6 Å². The van der Waals surface area contributed by atoms with Crippen LogP contribution in [0.15, 0.2) is 212 Å². The molecule has 0 bridgehead atoms. The minimum absolute atomic E-state index is 0.220. The lowest BCUT2D eigenvalue weighted by molar-refractivity contribution is 0.660. The third-order valence-corrected chi connectivity index (χ3v) is 12.4. The molecule has 0 heterocycles. The maximum atomic E-state index is 2.57. The molecule has 10 aromatic rings. The zero-order valence-electron chi connectivity index (χ0n) is 32.7. The summed E-state index contributed by atoms with van der Waals surface area (Å²) < 4.78 is 0. The van der Waals surface area contributed by atoms with Gasteiger partial charge in [0.25, 0.3) is 0 Å². The molecule has 274 valence electrons. The van der Waals surface area contributed by atoms with Gasteiger partial charge >= 0.3 is 0 Å². The van der Waals surface area contributed by atoms with Crippen LogP contribution < -0.4 is 4.90 Å². The molecule has 11 rings (SSSR count). The fourth-order valence-corrected chi connectivity index (χ4v) is 9.59. The summed E-state index contributed by atoms with van der Waals surface area (Å²) in [4.78, 5) is 2.57. The maximum absolute atomic E-state index is 2.57. The molecule has 0 radical (unpaired) electrons. The Morgan fingerprint density at radius 2 is 0.897 bits per heavy atom. The molecule has 0 aliphatic heterocycles. The summed E-state index contributed by atoms with van der Waals surface area (Å²) in [5.41, 5.74) is 15.8. The highest BCUT2D eigenvalue weighted by molar-refractivity contribution is 6.23. The molecule has 0 saturated carbocycles. The van der Waals surface area contributed by atoms with Crippen LogP contribution >= 0.6 is 0 Å². The molecular formula is C57H41N. The molecule has 0 amide bonds. The monoisotopic (exact) mass is 739 g/mol. The lowest BCUT2D eigenvalue weighted by atomic mass is 9.81. The van der Waals surface area contributed by atoms with E-state index in [2.05, 4.69) is 231 Å². The van der Waals surface area contributed by atoms with Crippen molar-refractivity contribution in [3.05, 3.63) is 223 Å². The molecular weight excluding hydrogens is 699 g/mol. The molecule has 0 N–H and O–H groups in total. The van der Waals surface area contributed by atoms with Crippen molar-refractivity contribution < 1.29 is 0 Å². The first-order valence-corrected chi connectivity index (χ1v) is 20.3. The first-order chi connectivity index (χ1) is 28.5. The SMILES string of the molecule is CC1(C)c2cc(-c3ccccc3)ccc2-c2ccc(N(c3ccccc3-c3ccccc3)c3c(-c4ccc5ccccc5c4)c4ccccc4c4ccccc34)cc21. The van der Waals surface area contributed by atoms with E-state index in [0.717, 1.165) is 11.4 Å². The number of benzene rings is 10. The van der Waals surface area contributed by atoms with Crippen molar-refractivity contribution in [2.24, 2.45) is 0 Å². The minimum atomic E-state index is -0.220. The van der Waals surface area contributed by atoms with Gasteiger partial charge in [0.2, 0.25) is 0 Å². The van der Waals surface area contributed by atoms with Crippen molar-refractivity contribution in [1.29, 1.82) is 0 Å². The summed E-state index contributed by atoms with van der Waals surface area (Å²) >= 11 is 0. The van der Waals surface area contributed by atoms with Crippen molar-refractivity contribution in [3.8, 4) is 44.5 Å². The van der Waals surface area contributed by atoms with Gasteiger partial charge in [-0.05, 0) is 102 Å². The van der Waals surface area contributed by atoms with Crippen LogP contribution in [0.3, 0.4) is 0 Å². The quantitative estimate of drug-likeness (QED) is 0.154. The zero-order valence-corrected chi connectivity index (χ0v) is 32.7. The third-order valence-electron chi connectivity index (χ3n) is 12.4. The topological polar surface area (TPSA) is 3.24 Å². The third kappa shape index (κ3) is 5.39. The Morgan fingerprint density at radius 3 is 1.66 bits per heavy atom. The van der Waals surface area contributed by atoms with Gasteiger partial charge < -0.3 is 4.90 Å². The van der Waals surface area contributed by atoms with Crippen LogP contribution in [0.1, 0.15) is 25.0 Å². The summed E-state index contributed by atoms with van der Waals surface area (Å²) in [6.45, 7) is 4.79. The van der Waals surface area contributed by atoms with Crippen molar-refractivity contribution in [2.45, 2.75) is 19.3 Å². The molecule has 10 aromatic carbocycles. The largest absolute Gasteiger partial charge is 0.309 e. The van der Waals surface area contributed by atoms with Crippen LogP contribution in [-0.2, 0) is 5.41 Å². The van der Waals surface area contributed by atoms with E-state index in [9.17, 15) is 0 Å². The number of anilines is 3. The van der Waals surface area contributed by atoms with Crippen LogP contribution in [0.5, 0.6) is 0 Å². The van der Waals surface area contributed by atoms with Crippen LogP contribution in [0.2, 0.25) is 0 Å². The number of para-hydroxylation sites is 1. The minimum Gasteiger partial charge on any atom is -0.309 e. The smallest absolute Gasteiger partial charge is 0.0625 e. The highest BCUT2D eigenvalue weighted by Gasteiger charge is 2.37. The Morgan fingerprint density at radius 1 is 0.345 bits per heavy atom. The number of nitrogens with zero attached hydrogens (tertiary/aromatic N) is 1. The van der Waals surface area contributed by atoms with Gasteiger partial charge in [-0.15, -0.1) is 0 Å². The predicted molar refractivity (Wildman–Crippen MR) is 248 cm³/mol. The van der Waals surface area contributed by atoms with E-state index in [1.807, 2.05) is 0 Å². The Labute approximate surface area is 340 Å². The lowest BCUT2D eigenvalue weighted by Gasteiger charge is -2.33. The van der Waals surface area contributed by atoms with Gasteiger partial charge in [-0.25, -0.2) is 0 Å². The van der Waals surface area contributed by atoms with E-state index < -0.39 is 0 Å². The first kappa shape index (κ1) is 34.1. The highest BCUT2D eigenvalue weighted by atomic mass is 15.1. The van der Waals surface area contributed by atoms with E-state index in [1.54, 1.807) is 0 Å². The normalized spacial score (nSPS) is 12.8. The molecule has 1 aliphatic carbocycles. The Bertz CT molecular complexity index is 3190. The van der Waals surface area contributed by atoms with Gasteiger partial charge in [-0.1, -0.05) is 196 Å². The number of hydrogen-bond acceptors (Lipinski definition) is 1. The second kappa shape index (κ2) is 13.5. The van der Waals surface area contributed by atoms with Crippen LogP contribution in [0.25, 0.3) is 76.8 Å². The van der Waals surface area contributed by atoms with E-state index in [-0.39, 0.29) is 5.41 Å². The van der Waals surface area contributed by atoms with Gasteiger partial charge in [0.1, 0.15) is 0 Å². The molecule has 1 aliphatic rings. The van der Waals surface area contributed by atoms with Crippen molar-refractivity contribution >= 4 is 49.4 Å². The van der Waals surface area contributed by atoms with Crippen LogP contribution in [-0.4, -0.2) is 0 Å². The number of fused-ring (bicyclic) bond motifs is 7. The van der Waals surface area contributed by atoms with Crippen molar-refractivity contribution in [1.82, 2.24) is 0 Å². The van der Waals surface area contributed by atoms with Crippen LogP contribution in [0.4, 0.5) is 17.1 Å². The van der Waals surface area contributed by atoms with E-state index in [4.69, 9.17) is 0 Å². The molecule has 0 spiro atoms. The van der Waals surface area contributed by atoms with Gasteiger partial charge in [-0.2, -0.15) is 0 Å². The standard InChI is InChI=1S/C57H41N/c1-57(2)52-36-42(38-17-5-3-6-18-38)31-33-48(52)49-34-32-44(37-53(49)57)58(54-28-16-15-23-45(54)40-20-7-4-8-21-40)56-51-27-14-12-25-47(51)46-24-11-13-26-50(46)55(56)43-30-29-39-19-9-10-22-41(39)35-43/h3-37H,1-2H3. The Hall–Kier alpha value is -7.22. The lowest BCUT2D eigenvalue weighted by Crippen LogP contribution is -2.17. The second-order valence-electron chi connectivity index (χ2n) is 16.1. The molecule has 0 atom stereocenters. The summed E-state index contributed by atoms with van der Waals surface area (Å²) in [7, 11) is 0. The maximum Gasteiger partial charge on any atom is 0.0625 e. The predicted octanol–water partition coefficient (Wildman–Crippen LogP) is 15.9. The molecule has 0 fully saturated rings. The molecule has 1 heteroatoms. The highest BCUT2D eigenvalue weighted by Crippen LogP contribution is 2.55. The fourth-order valence-electron chi connectivity index (χ4n) is 9.59. The summed E-state index contributed by atoms with van der Waals surface area (Å²) in [5.74, 6) is 0. The van der Waals surface area contributed by atoms with Gasteiger partial charge in [0.05, 0.1) is 11.4 Å². The van der Waals surface area contributed by atoms with Crippen molar-refractivity contribution in [3.63, 3.8) is 0 Å². The summed E-state index contributed by atoms with van der Waals surface area (Å²) in [6, 6.07) is 78.4. The molecule has 0 unspecified atom stereocenters. The zero-order chi connectivity index (χ0) is 38.8. The van der Waals surface area contributed by atoms with Crippen LogP contribution in [0, 0.1) is 0 Å². The molecule has 58 heavy (non-hydrogen) atoms. The van der Waals surface area contributed by atoms with E-state index >= 15 is 0 Å². The van der Waals surface area contributed by atoms with Gasteiger partial charge in [-0.3, -0.25) is 0 Å². The molecule has 0 saturated heterocycles. The summed E-state index contributed by atoms with van der Waals surface area (Å²) in [5, 5.41) is 7.40. The average Bonchev–Trinajstić information content (AvgIpc) is 3.51. The summed E-state index contributed by atoms with van der Waals surface area (Å²) in [6.07, 6.45) is 0. The second-order valence-corrected chi connectivity index (χ2v) is 16.1. The average molecular weight is 740 g/mol. The van der Waals surface area contributed by atoms with Gasteiger partial charge in [0, 0.05) is 27.6 Å². The number of hydrogen-bond donors (Lipinski definition) is 0. The molecule has 1 nitrogen and oxygen atoms in total. The molecule has 0 aromatic heterocycles. The number of rotatable bonds is 6. The fraction of sp³-hybridized carbons (Fsp3) is 0.0526. The Kier molecular flexibility index (Phi) is 7.91. The Balaban J connectivity index is 1.23. The first-order valence-electron chi connectivity index (χ1n) is 20.3.